The maximum absolute atomic E-state index is 12.6. The molecule has 0 aliphatic carbocycles. The second-order valence-electron chi connectivity index (χ2n) is 6.37. The van der Waals surface area contributed by atoms with Crippen LogP contribution >= 0.6 is 0 Å². The van der Waals surface area contributed by atoms with Crippen molar-refractivity contribution in [3.05, 3.63) is 59.0 Å². The van der Waals surface area contributed by atoms with E-state index in [2.05, 4.69) is 5.32 Å². The molecular weight excluding hydrogens is 380 g/mol. The highest BCUT2D eigenvalue weighted by Gasteiger charge is 2.36. The zero-order valence-corrected chi connectivity index (χ0v) is 16.0. The van der Waals surface area contributed by atoms with Gasteiger partial charge in [-0.05, 0) is 37.3 Å². The molecule has 1 aromatic carbocycles. The average Bonchev–Trinajstić information content (AvgIpc) is 3.31. The molecule has 0 saturated heterocycles. The van der Waals surface area contributed by atoms with Crippen molar-refractivity contribution in [1.82, 2.24) is 10.2 Å². The summed E-state index contributed by atoms with van der Waals surface area (Å²) < 4.78 is 15.2. The summed E-state index contributed by atoms with van der Waals surface area (Å²) in [6.07, 6.45) is 0.425. The predicted octanol–water partition coefficient (Wildman–Crippen LogP) is 1.38. The molecule has 0 fully saturated rings. The van der Waals surface area contributed by atoms with Gasteiger partial charge in [-0.1, -0.05) is 0 Å². The number of hydrogen-bond acceptors (Lipinski definition) is 7. The summed E-state index contributed by atoms with van der Waals surface area (Å²) in [5, 5.41) is 2.57. The minimum absolute atomic E-state index is 0.00218. The van der Waals surface area contributed by atoms with E-state index in [0.717, 1.165) is 4.90 Å². The zero-order valence-electron chi connectivity index (χ0n) is 16.0. The SMILES string of the molecule is COCCNC(=O)[C@@H](C)OC(=O)c1ccc2c(c1)C(=O)N(Cc1ccco1)C2=O. The molecule has 1 N–H and O–H groups in total. The Hall–Kier alpha value is -3.46. The minimum atomic E-state index is -1.03. The molecule has 29 heavy (non-hydrogen) atoms. The molecule has 1 aliphatic heterocycles. The van der Waals surface area contributed by atoms with Crippen molar-refractivity contribution in [2.45, 2.75) is 19.6 Å². The second-order valence-corrected chi connectivity index (χ2v) is 6.37. The van der Waals surface area contributed by atoms with E-state index >= 15 is 0 Å². The lowest BCUT2D eigenvalue weighted by molar-refractivity contribution is -0.129. The van der Waals surface area contributed by atoms with E-state index in [9.17, 15) is 19.2 Å². The Morgan fingerprint density at radius 2 is 1.93 bits per heavy atom. The highest BCUT2D eigenvalue weighted by atomic mass is 16.5. The fourth-order valence-electron chi connectivity index (χ4n) is 2.82. The monoisotopic (exact) mass is 400 g/mol. The lowest BCUT2D eigenvalue weighted by atomic mass is 10.1. The number of rotatable bonds is 8. The molecule has 3 amide bonds. The number of benzene rings is 1. The van der Waals surface area contributed by atoms with Crippen LogP contribution in [-0.4, -0.2) is 55.0 Å². The number of nitrogens with zero attached hydrogens (tertiary/aromatic N) is 1. The van der Waals surface area contributed by atoms with Crippen LogP contribution in [0.15, 0.2) is 41.0 Å². The number of esters is 1. The summed E-state index contributed by atoms with van der Waals surface area (Å²) in [5.41, 5.74) is 0.373. The van der Waals surface area contributed by atoms with Crippen LogP contribution in [0.1, 0.15) is 43.8 Å². The topological polar surface area (TPSA) is 115 Å². The molecule has 2 heterocycles. The smallest absolute Gasteiger partial charge is 0.338 e. The van der Waals surface area contributed by atoms with Crippen LogP contribution in [0.5, 0.6) is 0 Å². The van der Waals surface area contributed by atoms with Gasteiger partial charge in [-0.15, -0.1) is 0 Å². The van der Waals surface area contributed by atoms with Gasteiger partial charge in [0.05, 0.1) is 36.1 Å². The highest BCUT2D eigenvalue weighted by molar-refractivity contribution is 6.21. The van der Waals surface area contributed by atoms with Crippen molar-refractivity contribution in [3.63, 3.8) is 0 Å². The average molecular weight is 400 g/mol. The summed E-state index contributed by atoms with van der Waals surface area (Å²) in [5.74, 6) is -1.76. The summed E-state index contributed by atoms with van der Waals surface area (Å²) in [4.78, 5) is 50.4. The van der Waals surface area contributed by atoms with Crippen LogP contribution in [0.3, 0.4) is 0 Å². The maximum atomic E-state index is 12.6. The van der Waals surface area contributed by atoms with Crippen molar-refractivity contribution in [2.24, 2.45) is 0 Å². The number of methoxy groups -OCH3 is 1. The van der Waals surface area contributed by atoms with Crippen molar-refractivity contribution in [1.29, 1.82) is 0 Å². The molecule has 0 bridgehead atoms. The number of amides is 3. The third-order valence-corrected chi connectivity index (χ3v) is 4.36. The van der Waals surface area contributed by atoms with E-state index < -0.39 is 29.8 Å². The summed E-state index contributed by atoms with van der Waals surface area (Å²) in [6.45, 7) is 2.06. The molecule has 3 rings (SSSR count). The lowest BCUT2D eigenvalue weighted by Gasteiger charge is -2.13. The van der Waals surface area contributed by atoms with E-state index in [1.54, 1.807) is 12.1 Å². The fourth-order valence-corrected chi connectivity index (χ4v) is 2.82. The molecule has 0 saturated carbocycles. The number of imide groups is 1. The first-order valence-corrected chi connectivity index (χ1v) is 8.92. The normalized spacial score (nSPS) is 13.9. The first-order chi connectivity index (χ1) is 13.9. The lowest BCUT2D eigenvalue weighted by Crippen LogP contribution is -2.37. The Morgan fingerprint density at radius 1 is 1.17 bits per heavy atom. The molecule has 1 atom stereocenters. The molecule has 152 valence electrons. The summed E-state index contributed by atoms with van der Waals surface area (Å²) in [6, 6.07) is 7.41. The van der Waals surface area contributed by atoms with Crippen molar-refractivity contribution >= 4 is 23.7 Å². The number of carbonyl (C=O) groups excluding carboxylic acids is 4. The quantitative estimate of drug-likeness (QED) is 0.404. The highest BCUT2D eigenvalue weighted by Crippen LogP contribution is 2.26. The third-order valence-electron chi connectivity index (χ3n) is 4.36. The van der Waals surface area contributed by atoms with Crippen LogP contribution < -0.4 is 5.32 Å². The Labute approximate surface area is 166 Å². The van der Waals surface area contributed by atoms with Gasteiger partial charge in [0, 0.05) is 13.7 Å². The van der Waals surface area contributed by atoms with Crippen molar-refractivity contribution in [2.75, 3.05) is 20.3 Å². The molecule has 0 unspecified atom stereocenters. The van der Waals surface area contributed by atoms with Gasteiger partial charge < -0.3 is 19.2 Å². The van der Waals surface area contributed by atoms with Gasteiger partial charge in [0.25, 0.3) is 17.7 Å². The zero-order chi connectivity index (χ0) is 21.0. The second kappa shape index (κ2) is 8.70. The van der Waals surface area contributed by atoms with E-state index in [1.165, 1.54) is 38.5 Å². The standard InChI is InChI=1S/C20H20N2O7/c1-12(17(23)21-7-9-27-2)29-20(26)13-5-6-15-16(10-13)19(25)22(18(15)24)11-14-4-3-8-28-14/h3-6,8,10,12H,7,9,11H2,1-2H3,(H,21,23)/t12-/m1/s1. The number of hydrogen-bond donors (Lipinski definition) is 1. The molecule has 2 aromatic rings. The number of ether oxygens (including phenoxy) is 2. The summed E-state index contributed by atoms with van der Waals surface area (Å²) >= 11 is 0. The van der Waals surface area contributed by atoms with Crippen LogP contribution in [-0.2, 0) is 20.8 Å². The number of carbonyl (C=O) groups is 4. The maximum Gasteiger partial charge on any atom is 0.338 e. The van der Waals surface area contributed by atoms with Gasteiger partial charge >= 0.3 is 5.97 Å². The predicted molar refractivity (Wildman–Crippen MR) is 99.1 cm³/mol. The molecule has 0 radical (unpaired) electrons. The van der Waals surface area contributed by atoms with Gasteiger partial charge in [0.2, 0.25) is 0 Å². The Balaban J connectivity index is 1.69. The van der Waals surface area contributed by atoms with Crippen molar-refractivity contribution < 1.29 is 33.1 Å². The van der Waals surface area contributed by atoms with Gasteiger partial charge in [0.15, 0.2) is 6.10 Å². The fraction of sp³-hybridized carbons (Fsp3) is 0.300. The van der Waals surface area contributed by atoms with Gasteiger partial charge in [-0.2, -0.15) is 0 Å². The number of nitrogens with one attached hydrogen (secondary N) is 1. The van der Waals surface area contributed by atoms with Crippen LogP contribution in [0.4, 0.5) is 0 Å². The van der Waals surface area contributed by atoms with Gasteiger partial charge in [-0.25, -0.2) is 4.79 Å². The van der Waals surface area contributed by atoms with Gasteiger partial charge in [-0.3, -0.25) is 19.3 Å². The Morgan fingerprint density at radius 3 is 2.62 bits per heavy atom. The Kier molecular flexibility index (Phi) is 6.08. The largest absolute Gasteiger partial charge is 0.467 e. The van der Waals surface area contributed by atoms with E-state index in [1.807, 2.05) is 0 Å². The molecule has 9 nitrogen and oxygen atoms in total. The molecule has 1 aliphatic rings. The van der Waals surface area contributed by atoms with Crippen LogP contribution in [0.2, 0.25) is 0 Å². The van der Waals surface area contributed by atoms with Gasteiger partial charge in [0.1, 0.15) is 5.76 Å². The molecule has 9 heteroatoms. The molecule has 0 spiro atoms. The third kappa shape index (κ3) is 4.35. The summed E-state index contributed by atoms with van der Waals surface area (Å²) in [7, 11) is 1.51. The van der Waals surface area contributed by atoms with Crippen LogP contribution in [0, 0.1) is 0 Å². The van der Waals surface area contributed by atoms with E-state index in [4.69, 9.17) is 13.9 Å². The molecule has 1 aromatic heterocycles. The minimum Gasteiger partial charge on any atom is -0.467 e. The first-order valence-electron chi connectivity index (χ1n) is 8.92. The molecular formula is C20H20N2O7. The number of fused-ring (bicyclic) bond motifs is 1. The first kappa shape index (κ1) is 20.3. The Bertz CT molecular complexity index is 936. The van der Waals surface area contributed by atoms with Crippen LogP contribution in [0.25, 0.3) is 0 Å². The van der Waals surface area contributed by atoms with E-state index in [0.29, 0.717) is 12.4 Å². The number of furan rings is 1. The van der Waals surface area contributed by atoms with Crippen molar-refractivity contribution in [3.8, 4) is 0 Å². The van der Waals surface area contributed by atoms with E-state index in [-0.39, 0.29) is 29.8 Å².